The van der Waals surface area contributed by atoms with Crippen LogP contribution in [0.4, 0.5) is 0 Å². The predicted molar refractivity (Wildman–Crippen MR) is 85.1 cm³/mol. The fraction of sp³-hybridized carbons (Fsp3) is 0.471. The maximum absolute atomic E-state index is 12.3. The van der Waals surface area contributed by atoms with Gasteiger partial charge in [-0.25, -0.2) is 0 Å². The number of benzene rings is 1. The van der Waals surface area contributed by atoms with Gasteiger partial charge < -0.3 is 15.3 Å². The minimum atomic E-state index is -0.960. The Kier molecular flexibility index (Phi) is 5.73. The van der Waals surface area contributed by atoms with Gasteiger partial charge >= 0.3 is 5.97 Å². The number of carbonyl (C=O) groups excluding carboxylic acids is 2. The number of rotatable bonds is 5. The highest BCUT2D eigenvalue weighted by molar-refractivity contribution is 5.95. The fourth-order valence-corrected chi connectivity index (χ4v) is 2.74. The SMILES string of the molecule is Cc1ccccc1C(=O)NC1CCN(C(=O)CCC(=O)O)CC1. The van der Waals surface area contributed by atoms with Gasteiger partial charge in [-0.3, -0.25) is 14.4 Å². The van der Waals surface area contributed by atoms with Gasteiger partial charge in [0.25, 0.3) is 5.91 Å². The molecule has 2 rings (SSSR count). The van der Waals surface area contributed by atoms with Gasteiger partial charge in [-0.2, -0.15) is 0 Å². The number of aliphatic carboxylic acids is 1. The molecule has 0 spiro atoms. The van der Waals surface area contributed by atoms with Crippen molar-refractivity contribution in [1.29, 1.82) is 0 Å². The molecule has 6 heteroatoms. The topological polar surface area (TPSA) is 86.7 Å². The Hall–Kier alpha value is -2.37. The first-order valence-corrected chi connectivity index (χ1v) is 7.83. The van der Waals surface area contributed by atoms with E-state index in [1.165, 1.54) is 0 Å². The maximum Gasteiger partial charge on any atom is 0.303 e. The van der Waals surface area contributed by atoms with Crippen LogP contribution in [0.1, 0.15) is 41.6 Å². The number of carbonyl (C=O) groups is 3. The first kappa shape index (κ1) is 17.0. The molecule has 0 unspecified atom stereocenters. The van der Waals surface area contributed by atoms with Crippen LogP contribution >= 0.6 is 0 Å². The lowest BCUT2D eigenvalue weighted by Crippen LogP contribution is -2.46. The number of nitrogens with one attached hydrogen (secondary N) is 1. The predicted octanol–water partition coefficient (Wildman–Crippen LogP) is 1.58. The molecule has 1 aliphatic heterocycles. The van der Waals surface area contributed by atoms with Gasteiger partial charge in [0.15, 0.2) is 0 Å². The van der Waals surface area contributed by atoms with E-state index >= 15 is 0 Å². The third kappa shape index (κ3) is 4.81. The van der Waals surface area contributed by atoms with Gasteiger partial charge in [-0.05, 0) is 31.4 Å². The fourth-order valence-electron chi connectivity index (χ4n) is 2.74. The van der Waals surface area contributed by atoms with Gasteiger partial charge in [-0.1, -0.05) is 18.2 Å². The van der Waals surface area contributed by atoms with Crippen LogP contribution in [0.5, 0.6) is 0 Å². The number of piperidine rings is 1. The van der Waals surface area contributed by atoms with E-state index in [9.17, 15) is 14.4 Å². The molecule has 0 aromatic heterocycles. The van der Waals surface area contributed by atoms with Gasteiger partial charge in [0.05, 0.1) is 6.42 Å². The quantitative estimate of drug-likeness (QED) is 0.863. The summed E-state index contributed by atoms with van der Waals surface area (Å²) in [4.78, 5) is 36.3. The molecule has 1 heterocycles. The summed E-state index contributed by atoms with van der Waals surface area (Å²) in [6.45, 7) is 3.01. The van der Waals surface area contributed by atoms with Gasteiger partial charge in [0, 0.05) is 31.1 Å². The zero-order valence-electron chi connectivity index (χ0n) is 13.2. The first-order chi connectivity index (χ1) is 11.0. The summed E-state index contributed by atoms with van der Waals surface area (Å²) in [7, 11) is 0. The van der Waals surface area contributed by atoms with E-state index in [-0.39, 0.29) is 30.7 Å². The average Bonchev–Trinajstić information content (AvgIpc) is 2.53. The second-order valence-corrected chi connectivity index (χ2v) is 5.84. The van der Waals surface area contributed by atoms with Gasteiger partial charge in [0.1, 0.15) is 0 Å². The Morgan fingerprint density at radius 1 is 1.17 bits per heavy atom. The summed E-state index contributed by atoms with van der Waals surface area (Å²) in [6, 6.07) is 7.48. The minimum Gasteiger partial charge on any atom is -0.481 e. The number of carboxylic acids is 1. The molecule has 0 saturated carbocycles. The van der Waals surface area contributed by atoms with E-state index < -0.39 is 5.97 Å². The summed E-state index contributed by atoms with van der Waals surface area (Å²) in [5, 5.41) is 11.6. The van der Waals surface area contributed by atoms with Crippen LogP contribution < -0.4 is 5.32 Å². The van der Waals surface area contributed by atoms with Gasteiger partial charge in [0.2, 0.25) is 5.91 Å². The summed E-state index contributed by atoms with van der Waals surface area (Å²) in [5.41, 5.74) is 1.61. The zero-order chi connectivity index (χ0) is 16.8. The number of hydrogen-bond donors (Lipinski definition) is 2. The molecule has 2 N–H and O–H groups in total. The van der Waals surface area contributed by atoms with Crippen LogP contribution in [0, 0.1) is 6.92 Å². The summed E-state index contributed by atoms with van der Waals surface area (Å²) >= 11 is 0. The molecule has 1 aromatic carbocycles. The van der Waals surface area contributed by atoms with E-state index in [0.29, 0.717) is 31.5 Å². The van der Waals surface area contributed by atoms with Crippen LogP contribution in [0.2, 0.25) is 0 Å². The lowest BCUT2D eigenvalue weighted by Gasteiger charge is -2.32. The zero-order valence-corrected chi connectivity index (χ0v) is 13.2. The van der Waals surface area contributed by atoms with Crippen molar-refractivity contribution in [2.45, 2.75) is 38.6 Å². The van der Waals surface area contributed by atoms with Crippen molar-refractivity contribution in [1.82, 2.24) is 10.2 Å². The Bertz CT molecular complexity index is 592. The normalized spacial score (nSPS) is 15.3. The molecule has 1 aromatic rings. The number of likely N-dealkylation sites (tertiary alicyclic amines) is 1. The third-order valence-electron chi connectivity index (χ3n) is 4.13. The number of amides is 2. The van der Waals surface area contributed by atoms with Crippen LogP contribution in [-0.4, -0.2) is 46.9 Å². The highest BCUT2D eigenvalue weighted by atomic mass is 16.4. The molecule has 0 bridgehead atoms. The van der Waals surface area contributed by atoms with Crippen molar-refractivity contribution in [2.24, 2.45) is 0 Å². The number of aryl methyl sites for hydroxylation is 1. The molecular formula is C17H22N2O4. The summed E-state index contributed by atoms with van der Waals surface area (Å²) in [5.74, 6) is -1.17. The van der Waals surface area contributed by atoms with E-state index in [4.69, 9.17) is 5.11 Å². The maximum atomic E-state index is 12.3. The molecule has 1 fully saturated rings. The van der Waals surface area contributed by atoms with E-state index in [1.807, 2.05) is 25.1 Å². The highest BCUT2D eigenvalue weighted by Crippen LogP contribution is 2.14. The standard InChI is InChI=1S/C17H22N2O4/c1-12-4-2-3-5-14(12)17(23)18-13-8-10-19(11-9-13)15(20)6-7-16(21)22/h2-5,13H,6-11H2,1H3,(H,18,23)(H,21,22). The molecule has 124 valence electrons. The lowest BCUT2D eigenvalue weighted by molar-refractivity contribution is -0.141. The van der Waals surface area contributed by atoms with Crippen molar-refractivity contribution >= 4 is 17.8 Å². The molecule has 6 nitrogen and oxygen atoms in total. The summed E-state index contributed by atoms with van der Waals surface area (Å²) < 4.78 is 0. The van der Waals surface area contributed by atoms with E-state index in [0.717, 1.165) is 5.56 Å². The first-order valence-electron chi connectivity index (χ1n) is 7.83. The number of carboxylic acid groups (broad SMARTS) is 1. The largest absolute Gasteiger partial charge is 0.481 e. The van der Waals surface area contributed by atoms with Crippen molar-refractivity contribution in [2.75, 3.05) is 13.1 Å². The van der Waals surface area contributed by atoms with Crippen molar-refractivity contribution < 1.29 is 19.5 Å². The van der Waals surface area contributed by atoms with Crippen molar-refractivity contribution in [3.05, 3.63) is 35.4 Å². The molecule has 1 aliphatic rings. The third-order valence-corrected chi connectivity index (χ3v) is 4.13. The van der Waals surface area contributed by atoms with Gasteiger partial charge in [-0.15, -0.1) is 0 Å². The second-order valence-electron chi connectivity index (χ2n) is 5.84. The van der Waals surface area contributed by atoms with Crippen molar-refractivity contribution in [3.63, 3.8) is 0 Å². The smallest absolute Gasteiger partial charge is 0.303 e. The minimum absolute atomic E-state index is 0.0373. The van der Waals surface area contributed by atoms with Crippen LogP contribution in [0.15, 0.2) is 24.3 Å². The molecule has 0 radical (unpaired) electrons. The van der Waals surface area contributed by atoms with Crippen LogP contribution in [-0.2, 0) is 9.59 Å². The Labute approximate surface area is 135 Å². The Balaban J connectivity index is 1.81. The van der Waals surface area contributed by atoms with Crippen LogP contribution in [0.3, 0.4) is 0 Å². The monoisotopic (exact) mass is 318 g/mol. The van der Waals surface area contributed by atoms with Crippen molar-refractivity contribution in [3.8, 4) is 0 Å². The molecule has 2 amide bonds. The molecular weight excluding hydrogens is 296 g/mol. The number of hydrogen-bond acceptors (Lipinski definition) is 3. The average molecular weight is 318 g/mol. The molecule has 1 saturated heterocycles. The highest BCUT2D eigenvalue weighted by Gasteiger charge is 2.24. The second kappa shape index (κ2) is 7.76. The van der Waals surface area contributed by atoms with E-state index in [1.54, 1.807) is 11.0 Å². The Morgan fingerprint density at radius 3 is 2.43 bits per heavy atom. The molecule has 0 aliphatic carbocycles. The van der Waals surface area contributed by atoms with Crippen LogP contribution in [0.25, 0.3) is 0 Å². The molecule has 23 heavy (non-hydrogen) atoms. The van der Waals surface area contributed by atoms with E-state index in [2.05, 4.69) is 5.32 Å². The molecule has 0 atom stereocenters. The lowest BCUT2D eigenvalue weighted by atomic mass is 10.0. The summed E-state index contributed by atoms with van der Waals surface area (Å²) in [6.07, 6.45) is 1.28. The Morgan fingerprint density at radius 2 is 1.83 bits per heavy atom. The number of nitrogens with zero attached hydrogens (tertiary/aromatic N) is 1.